The summed E-state index contributed by atoms with van der Waals surface area (Å²) in [6.45, 7) is 8.58. The highest BCUT2D eigenvalue weighted by Crippen LogP contribution is 2.51. The molecule has 2 aromatic rings. The lowest BCUT2D eigenvalue weighted by atomic mass is 9.64. The second kappa shape index (κ2) is 8.07. The minimum atomic E-state index is 0.155. The van der Waals surface area contributed by atoms with Crippen molar-refractivity contribution in [1.82, 2.24) is 9.88 Å². The fourth-order valence-corrected chi connectivity index (χ4v) is 5.18. The maximum Gasteiger partial charge on any atom is 0.140 e. The molecular weight excluding hydrogens is 382 g/mol. The van der Waals surface area contributed by atoms with Gasteiger partial charge in [0.1, 0.15) is 11.8 Å². The van der Waals surface area contributed by atoms with Crippen LogP contribution in [0.1, 0.15) is 43.5 Å². The first-order chi connectivity index (χ1) is 13.9. The van der Waals surface area contributed by atoms with E-state index in [1.54, 1.807) is 0 Å². The summed E-state index contributed by atoms with van der Waals surface area (Å²) in [7, 11) is 0. The molecule has 2 aliphatic rings. The van der Waals surface area contributed by atoms with E-state index in [2.05, 4.69) is 41.9 Å². The number of benzene rings is 1. The Balaban J connectivity index is 1.48. The summed E-state index contributed by atoms with van der Waals surface area (Å²) in [5.41, 5.74) is 3.34. The summed E-state index contributed by atoms with van der Waals surface area (Å²) in [5.74, 6) is 0. The molecule has 1 aromatic carbocycles. The van der Waals surface area contributed by atoms with Crippen molar-refractivity contribution in [2.75, 3.05) is 19.7 Å². The highest BCUT2D eigenvalue weighted by molar-refractivity contribution is 6.30. The third-order valence-corrected chi connectivity index (χ3v) is 6.77. The first kappa shape index (κ1) is 20.3. The number of rotatable bonds is 6. The molecule has 0 amide bonds. The Hall–Kier alpha value is -1.93. The molecule has 2 saturated heterocycles. The summed E-state index contributed by atoms with van der Waals surface area (Å²) >= 11 is 6.04. The van der Waals surface area contributed by atoms with Crippen molar-refractivity contribution in [1.29, 1.82) is 5.26 Å². The van der Waals surface area contributed by atoms with Gasteiger partial charge < -0.3 is 4.74 Å². The molecule has 4 rings (SSSR count). The number of aromatic nitrogens is 1. The van der Waals surface area contributed by atoms with Crippen molar-refractivity contribution in [3.8, 4) is 6.07 Å². The summed E-state index contributed by atoms with van der Waals surface area (Å²) in [4.78, 5) is 6.79. The maximum absolute atomic E-state index is 8.97. The zero-order valence-corrected chi connectivity index (χ0v) is 18.0. The fraction of sp³-hybridized carbons (Fsp3) is 0.500. The van der Waals surface area contributed by atoms with Gasteiger partial charge in [-0.25, -0.2) is 4.98 Å². The van der Waals surface area contributed by atoms with Crippen molar-refractivity contribution in [2.45, 2.75) is 45.8 Å². The fourth-order valence-electron chi connectivity index (χ4n) is 5.05. The van der Waals surface area contributed by atoms with Crippen LogP contribution in [0.5, 0.6) is 0 Å². The van der Waals surface area contributed by atoms with E-state index in [0.717, 1.165) is 50.5 Å². The highest BCUT2D eigenvalue weighted by Gasteiger charge is 2.55. The SMILES string of the molecule is CC1(C)CO[C@@H]1[C@]1(CCc2ccc(C#N)nc2)CCN(Cc2ccc(Cl)cc2)C1. The Morgan fingerprint density at radius 3 is 2.55 bits per heavy atom. The number of hydrogen-bond acceptors (Lipinski definition) is 4. The second-order valence-electron chi connectivity index (χ2n) is 9.29. The normalized spacial score (nSPS) is 26.1. The lowest BCUT2D eigenvalue weighted by molar-refractivity contribution is -0.223. The van der Waals surface area contributed by atoms with E-state index in [4.69, 9.17) is 21.6 Å². The van der Waals surface area contributed by atoms with E-state index < -0.39 is 0 Å². The highest BCUT2D eigenvalue weighted by atomic mass is 35.5. The van der Waals surface area contributed by atoms with Gasteiger partial charge >= 0.3 is 0 Å². The Morgan fingerprint density at radius 1 is 1.21 bits per heavy atom. The summed E-state index contributed by atoms with van der Waals surface area (Å²) in [6, 6.07) is 14.1. The van der Waals surface area contributed by atoms with Crippen LogP contribution in [0.25, 0.3) is 0 Å². The number of aryl methyl sites for hydroxylation is 1. The number of ether oxygens (including phenoxy) is 1. The van der Waals surface area contributed by atoms with Crippen LogP contribution in [0.3, 0.4) is 0 Å². The number of hydrogen-bond donors (Lipinski definition) is 0. The number of nitriles is 1. The lowest BCUT2D eigenvalue weighted by Gasteiger charge is -2.54. The minimum Gasteiger partial charge on any atom is -0.376 e. The molecule has 3 heterocycles. The van der Waals surface area contributed by atoms with Crippen LogP contribution in [0.2, 0.25) is 5.02 Å². The first-order valence-corrected chi connectivity index (χ1v) is 10.7. The standard InChI is InChI=1S/C24H28ClN3O/c1-23(2)17-29-22(23)24(10-9-18-5-8-21(13-26)27-14-18)11-12-28(16-24)15-19-3-6-20(25)7-4-19/h3-8,14,22H,9-12,15-17H2,1-2H3/t22-,24+/m0/s1. The molecule has 1 aromatic heterocycles. The lowest BCUT2D eigenvalue weighted by Crippen LogP contribution is -2.58. The number of pyridine rings is 1. The van der Waals surface area contributed by atoms with Gasteiger partial charge in [0, 0.05) is 35.1 Å². The monoisotopic (exact) mass is 409 g/mol. The van der Waals surface area contributed by atoms with Gasteiger partial charge in [-0.2, -0.15) is 5.26 Å². The average molecular weight is 410 g/mol. The molecule has 0 bridgehead atoms. The summed E-state index contributed by atoms with van der Waals surface area (Å²) < 4.78 is 6.17. The third-order valence-electron chi connectivity index (χ3n) is 6.52. The van der Waals surface area contributed by atoms with E-state index in [9.17, 15) is 0 Å². The molecule has 0 unspecified atom stereocenters. The first-order valence-electron chi connectivity index (χ1n) is 10.3. The van der Waals surface area contributed by atoms with Crippen LogP contribution in [0.4, 0.5) is 0 Å². The van der Waals surface area contributed by atoms with Crippen molar-refractivity contribution in [2.24, 2.45) is 10.8 Å². The molecule has 0 N–H and O–H groups in total. The van der Waals surface area contributed by atoms with E-state index in [-0.39, 0.29) is 16.9 Å². The molecule has 152 valence electrons. The number of nitrogens with zero attached hydrogens (tertiary/aromatic N) is 3. The molecule has 5 heteroatoms. The largest absolute Gasteiger partial charge is 0.376 e. The van der Waals surface area contributed by atoms with Crippen molar-refractivity contribution in [3.63, 3.8) is 0 Å². The average Bonchev–Trinajstić information content (AvgIpc) is 3.11. The zero-order valence-electron chi connectivity index (χ0n) is 17.2. The van der Waals surface area contributed by atoms with Crippen molar-refractivity contribution < 1.29 is 4.74 Å². The molecule has 29 heavy (non-hydrogen) atoms. The molecule has 0 spiro atoms. The number of likely N-dealkylation sites (tertiary alicyclic amines) is 1. The van der Waals surface area contributed by atoms with E-state index in [1.165, 1.54) is 11.1 Å². The predicted molar refractivity (Wildman–Crippen MR) is 115 cm³/mol. The van der Waals surface area contributed by atoms with E-state index >= 15 is 0 Å². The van der Waals surface area contributed by atoms with Crippen LogP contribution in [-0.2, 0) is 17.7 Å². The molecular formula is C24H28ClN3O. The summed E-state index contributed by atoms with van der Waals surface area (Å²) in [5, 5.41) is 9.75. The quantitative estimate of drug-likeness (QED) is 0.683. The molecule has 2 fully saturated rings. The zero-order chi connectivity index (χ0) is 20.5. The van der Waals surface area contributed by atoms with Crippen LogP contribution >= 0.6 is 11.6 Å². The minimum absolute atomic E-state index is 0.155. The van der Waals surface area contributed by atoms with Gasteiger partial charge in [0.15, 0.2) is 0 Å². The van der Waals surface area contributed by atoms with Gasteiger partial charge in [0.05, 0.1) is 12.7 Å². The molecule has 2 aliphatic heterocycles. The van der Waals surface area contributed by atoms with Crippen LogP contribution in [-0.4, -0.2) is 35.7 Å². The molecule has 0 saturated carbocycles. The molecule has 4 nitrogen and oxygen atoms in total. The second-order valence-corrected chi connectivity index (χ2v) is 9.73. The molecule has 0 aliphatic carbocycles. The predicted octanol–water partition coefficient (Wildman–Crippen LogP) is 4.86. The Kier molecular flexibility index (Phi) is 5.66. The molecule has 2 atom stereocenters. The Morgan fingerprint density at radius 2 is 1.97 bits per heavy atom. The van der Waals surface area contributed by atoms with Crippen molar-refractivity contribution in [3.05, 3.63) is 64.4 Å². The Bertz CT molecular complexity index is 888. The van der Waals surface area contributed by atoms with Gasteiger partial charge in [0.2, 0.25) is 0 Å². The van der Waals surface area contributed by atoms with Crippen LogP contribution in [0, 0.1) is 22.2 Å². The third kappa shape index (κ3) is 4.33. The van der Waals surface area contributed by atoms with Gasteiger partial charge in [-0.3, -0.25) is 4.90 Å². The summed E-state index contributed by atoms with van der Waals surface area (Å²) in [6.07, 6.45) is 5.32. The Labute approximate surface area is 178 Å². The molecule has 0 radical (unpaired) electrons. The van der Waals surface area contributed by atoms with Gasteiger partial charge in [-0.05, 0) is 55.1 Å². The van der Waals surface area contributed by atoms with Crippen molar-refractivity contribution >= 4 is 11.6 Å². The maximum atomic E-state index is 8.97. The smallest absolute Gasteiger partial charge is 0.140 e. The van der Waals surface area contributed by atoms with Gasteiger partial charge in [0.25, 0.3) is 0 Å². The van der Waals surface area contributed by atoms with Gasteiger partial charge in [-0.1, -0.05) is 43.6 Å². The van der Waals surface area contributed by atoms with E-state index in [1.807, 2.05) is 30.5 Å². The topological polar surface area (TPSA) is 49.1 Å². The van der Waals surface area contributed by atoms with Gasteiger partial charge in [-0.15, -0.1) is 0 Å². The van der Waals surface area contributed by atoms with Crippen LogP contribution in [0.15, 0.2) is 42.6 Å². The van der Waals surface area contributed by atoms with E-state index in [0.29, 0.717) is 5.69 Å². The number of halogens is 1. The van der Waals surface area contributed by atoms with Crippen LogP contribution < -0.4 is 0 Å².